The zero-order chi connectivity index (χ0) is 17.6. The SMILES string of the molecule is CN=C(NCCc1ccc2c(c1)CCO2)NCCc1sc(C)nc1C.I. The zero-order valence-electron chi connectivity index (χ0n) is 15.6. The highest BCUT2D eigenvalue weighted by atomic mass is 127. The van der Waals surface area contributed by atoms with Crippen molar-refractivity contribution in [2.75, 3.05) is 26.7 Å². The first-order valence-electron chi connectivity index (χ1n) is 8.77. The Morgan fingerprint density at radius 2 is 2.00 bits per heavy atom. The highest BCUT2D eigenvalue weighted by Crippen LogP contribution is 2.25. The van der Waals surface area contributed by atoms with Gasteiger partial charge in [-0.1, -0.05) is 12.1 Å². The van der Waals surface area contributed by atoms with E-state index in [0.717, 1.165) is 61.4 Å². The number of aliphatic imine (C=N–C) groups is 1. The maximum Gasteiger partial charge on any atom is 0.190 e. The molecule has 7 heteroatoms. The lowest BCUT2D eigenvalue weighted by Crippen LogP contribution is -2.39. The summed E-state index contributed by atoms with van der Waals surface area (Å²) in [5.74, 6) is 1.89. The molecule has 26 heavy (non-hydrogen) atoms. The fourth-order valence-corrected chi connectivity index (χ4v) is 3.98. The molecule has 2 heterocycles. The molecular formula is C19H27IN4OS. The van der Waals surface area contributed by atoms with E-state index < -0.39 is 0 Å². The number of hydrogen-bond acceptors (Lipinski definition) is 4. The van der Waals surface area contributed by atoms with Gasteiger partial charge in [0.2, 0.25) is 0 Å². The lowest BCUT2D eigenvalue weighted by molar-refractivity contribution is 0.357. The van der Waals surface area contributed by atoms with E-state index in [1.807, 2.05) is 7.05 Å². The van der Waals surface area contributed by atoms with Crippen LogP contribution in [-0.4, -0.2) is 37.7 Å². The molecule has 0 saturated heterocycles. The molecule has 0 unspecified atom stereocenters. The van der Waals surface area contributed by atoms with Crippen LogP contribution in [-0.2, 0) is 19.3 Å². The second-order valence-electron chi connectivity index (χ2n) is 6.21. The smallest absolute Gasteiger partial charge is 0.190 e. The fourth-order valence-electron chi connectivity index (χ4n) is 3.04. The van der Waals surface area contributed by atoms with Gasteiger partial charge in [0.15, 0.2) is 5.96 Å². The number of halogens is 1. The predicted octanol–water partition coefficient (Wildman–Crippen LogP) is 3.26. The minimum Gasteiger partial charge on any atom is -0.493 e. The van der Waals surface area contributed by atoms with Crippen LogP contribution in [0.5, 0.6) is 5.75 Å². The molecule has 0 amide bonds. The van der Waals surface area contributed by atoms with E-state index in [2.05, 4.69) is 52.7 Å². The van der Waals surface area contributed by atoms with Crippen LogP contribution in [0, 0.1) is 13.8 Å². The topological polar surface area (TPSA) is 58.5 Å². The molecule has 1 aliphatic heterocycles. The van der Waals surface area contributed by atoms with Crippen molar-refractivity contribution in [1.29, 1.82) is 0 Å². The van der Waals surface area contributed by atoms with Crippen LogP contribution in [0.2, 0.25) is 0 Å². The molecule has 2 aromatic rings. The molecule has 5 nitrogen and oxygen atoms in total. The predicted molar refractivity (Wildman–Crippen MR) is 119 cm³/mol. The first-order chi connectivity index (χ1) is 12.2. The molecule has 0 radical (unpaired) electrons. The van der Waals surface area contributed by atoms with E-state index in [0.29, 0.717) is 0 Å². The highest BCUT2D eigenvalue weighted by Gasteiger charge is 2.11. The van der Waals surface area contributed by atoms with Crippen LogP contribution in [0.1, 0.15) is 26.7 Å². The molecule has 0 bridgehead atoms. The van der Waals surface area contributed by atoms with Crippen molar-refractivity contribution in [1.82, 2.24) is 15.6 Å². The molecule has 0 saturated carbocycles. The number of hydrogen-bond donors (Lipinski definition) is 2. The van der Waals surface area contributed by atoms with Crippen molar-refractivity contribution in [3.63, 3.8) is 0 Å². The lowest BCUT2D eigenvalue weighted by atomic mass is 10.1. The summed E-state index contributed by atoms with van der Waals surface area (Å²) in [6.45, 7) is 6.66. The van der Waals surface area contributed by atoms with Crippen molar-refractivity contribution in [2.24, 2.45) is 4.99 Å². The molecule has 1 aromatic carbocycles. The molecule has 2 N–H and O–H groups in total. The van der Waals surface area contributed by atoms with Crippen LogP contribution >= 0.6 is 35.3 Å². The zero-order valence-corrected chi connectivity index (χ0v) is 18.7. The summed E-state index contributed by atoms with van der Waals surface area (Å²) in [5.41, 5.74) is 3.81. The third-order valence-electron chi connectivity index (χ3n) is 4.33. The van der Waals surface area contributed by atoms with Gasteiger partial charge in [-0.2, -0.15) is 0 Å². The lowest BCUT2D eigenvalue weighted by Gasteiger charge is -2.12. The van der Waals surface area contributed by atoms with Gasteiger partial charge in [-0.25, -0.2) is 4.98 Å². The Kier molecular flexibility index (Phi) is 8.15. The van der Waals surface area contributed by atoms with E-state index >= 15 is 0 Å². The Balaban J connectivity index is 0.00000243. The van der Waals surface area contributed by atoms with Crippen LogP contribution in [0.25, 0.3) is 0 Å². The van der Waals surface area contributed by atoms with Gasteiger partial charge in [-0.15, -0.1) is 35.3 Å². The van der Waals surface area contributed by atoms with Crippen molar-refractivity contribution >= 4 is 41.3 Å². The van der Waals surface area contributed by atoms with E-state index in [1.165, 1.54) is 16.0 Å². The second kappa shape index (κ2) is 10.1. The molecule has 0 fully saturated rings. The standard InChI is InChI=1S/C19H26N4OS.HI/c1-13-18(25-14(2)23-13)7-10-22-19(20-3)21-9-6-15-4-5-17-16(12-15)8-11-24-17;/h4-5,12H,6-11H2,1-3H3,(H2,20,21,22);1H. The van der Waals surface area contributed by atoms with Crippen molar-refractivity contribution in [3.05, 3.63) is 44.9 Å². The minimum absolute atomic E-state index is 0. The van der Waals surface area contributed by atoms with Crippen molar-refractivity contribution in [2.45, 2.75) is 33.1 Å². The third-order valence-corrected chi connectivity index (χ3v) is 5.46. The van der Waals surface area contributed by atoms with E-state index in [4.69, 9.17) is 4.74 Å². The monoisotopic (exact) mass is 486 g/mol. The average molecular weight is 486 g/mol. The van der Waals surface area contributed by atoms with Crippen LogP contribution in [0.4, 0.5) is 0 Å². The number of thiazole rings is 1. The number of nitrogens with zero attached hydrogens (tertiary/aromatic N) is 2. The second-order valence-corrected chi connectivity index (χ2v) is 7.50. The molecule has 0 atom stereocenters. The van der Waals surface area contributed by atoms with Gasteiger partial charge in [0.05, 0.1) is 17.3 Å². The summed E-state index contributed by atoms with van der Waals surface area (Å²) in [5, 5.41) is 7.90. The molecule has 3 rings (SSSR count). The number of guanidine groups is 1. The Labute approximate surface area is 176 Å². The molecule has 1 aromatic heterocycles. The number of aromatic nitrogens is 1. The molecule has 0 spiro atoms. The average Bonchev–Trinajstić information content (AvgIpc) is 3.19. The first-order valence-corrected chi connectivity index (χ1v) is 9.59. The largest absolute Gasteiger partial charge is 0.493 e. The first kappa shape index (κ1) is 21.0. The summed E-state index contributed by atoms with van der Waals surface area (Å²) in [6, 6.07) is 6.50. The summed E-state index contributed by atoms with van der Waals surface area (Å²) < 4.78 is 5.56. The van der Waals surface area contributed by atoms with Crippen molar-refractivity contribution in [3.8, 4) is 5.75 Å². The highest BCUT2D eigenvalue weighted by molar-refractivity contribution is 14.0. The Hall–Kier alpha value is -1.35. The van der Waals surface area contributed by atoms with Gasteiger partial charge in [-0.3, -0.25) is 4.99 Å². The van der Waals surface area contributed by atoms with Gasteiger partial charge >= 0.3 is 0 Å². The van der Waals surface area contributed by atoms with Gasteiger partial charge in [-0.05, 0) is 37.5 Å². The van der Waals surface area contributed by atoms with E-state index in [9.17, 15) is 0 Å². The maximum atomic E-state index is 5.56. The normalized spacial score (nSPS) is 13.0. The molecule has 142 valence electrons. The minimum atomic E-state index is 0. The van der Waals surface area contributed by atoms with Crippen LogP contribution in [0.3, 0.4) is 0 Å². The molecule has 1 aliphatic rings. The van der Waals surface area contributed by atoms with Gasteiger partial charge in [0.25, 0.3) is 0 Å². The number of aryl methyl sites for hydroxylation is 2. The third kappa shape index (κ3) is 5.57. The summed E-state index contributed by atoms with van der Waals surface area (Å²) in [7, 11) is 1.81. The van der Waals surface area contributed by atoms with Gasteiger partial charge in [0, 0.05) is 37.9 Å². The maximum absolute atomic E-state index is 5.56. The van der Waals surface area contributed by atoms with Crippen molar-refractivity contribution < 1.29 is 4.74 Å². The Morgan fingerprint density at radius 1 is 1.23 bits per heavy atom. The summed E-state index contributed by atoms with van der Waals surface area (Å²) in [4.78, 5) is 10.1. The van der Waals surface area contributed by atoms with Gasteiger partial charge < -0.3 is 15.4 Å². The van der Waals surface area contributed by atoms with Crippen LogP contribution in [0.15, 0.2) is 23.2 Å². The Morgan fingerprint density at radius 3 is 2.69 bits per heavy atom. The molecule has 0 aliphatic carbocycles. The number of ether oxygens (including phenoxy) is 1. The molecular weight excluding hydrogens is 459 g/mol. The van der Waals surface area contributed by atoms with Crippen LogP contribution < -0.4 is 15.4 Å². The van der Waals surface area contributed by atoms with E-state index in [-0.39, 0.29) is 24.0 Å². The quantitative estimate of drug-likeness (QED) is 0.374. The number of nitrogens with one attached hydrogen (secondary N) is 2. The van der Waals surface area contributed by atoms with E-state index in [1.54, 1.807) is 11.3 Å². The summed E-state index contributed by atoms with van der Waals surface area (Å²) >= 11 is 1.78. The van der Waals surface area contributed by atoms with Gasteiger partial charge in [0.1, 0.15) is 5.75 Å². The number of benzene rings is 1. The summed E-state index contributed by atoms with van der Waals surface area (Å²) in [6.07, 6.45) is 2.97. The number of rotatable bonds is 6. The Bertz CT molecular complexity index is 760. The number of fused-ring (bicyclic) bond motifs is 1. The fraction of sp³-hybridized carbons (Fsp3) is 0.474.